The molecule has 0 fully saturated rings. The van der Waals surface area contributed by atoms with Crippen molar-refractivity contribution in [2.24, 2.45) is 0 Å². The van der Waals surface area contributed by atoms with E-state index < -0.39 is 4.92 Å². The molecule has 0 heterocycles. The number of carbonyl (C=O) groups is 1. The predicted molar refractivity (Wildman–Crippen MR) is 105 cm³/mol. The number of halogens is 1. The molecule has 3 rings (SSSR count). The van der Waals surface area contributed by atoms with Crippen molar-refractivity contribution in [3.8, 4) is 0 Å². The number of carbonyl (C=O) groups excluding carboxylic acids is 1. The number of non-ortho nitro benzene ring substituents is 1. The monoisotopic (exact) mass is 380 g/mol. The summed E-state index contributed by atoms with van der Waals surface area (Å²) < 4.78 is 0. The molecule has 5 nitrogen and oxygen atoms in total. The molecule has 0 spiro atoms. The molecule has 1 unspecified atom stereocenters. The third-order valence-electron chi connectivity index (χ3n) is 4.15. The summed E-state index contributed by atoms with van der Waals surface area (Å²) in [4.78, 5) is 22.9. The molecular weight excluding hydrogens is 364 g/mol. The van der Waals surface area contributed by atoms with Gasteiger partial charge in [0.05, 0.1) is 17.4 Å². The Bertz CT molecular complexity index is 926. The Morgan fingerprint density at radius 3 is 2.11 bits per heavy atom. The summed E-state index contributed by atoms with van der Waals surface area (Å²) in [6.45, 7) is 0. The summed E-state index contributed by atoms with van der Waals surface area (Å²) in [6, 6.07) is 22.7. The lowest BCUT2D eigenvalue weighted by Crippen LogP contribution is -2.30. The fourth-order valence-corrected chi connectivity index (χ4v) is 2.92. The van der Waals surface area contributed by atoms with E-state index >= 15 is 0 Å². The van der Waals surface area contributed by atoms with Crippen LogP contribution in [0.2, 0.25) is 5.02 Å². The molecule has 0 aliphatic carbocycles. The van der Waals surface area contributed by atoms with Gasteiger partial charge in [-0.15, -0.1) is 0 Å². The van der Waals surface area contributed by atoms with Gasteiger partial charge < -0.3 is 5.32 Å². The van der Waals surface area contributed by atoms with E-state index in [1.54, 1.807) is 24.3 Å². The van der Waals surface area contributed by atoms with E-state index in [4.69, 9.17) is 11.6 Å². The number of hydrogen-bond acceptors (Lipinski definition) is 3. The van der Waals surface area contributed by atoms with Crippen LogP contribution in [0.3, 0.4) is 0 Å². The van der Waals surface area contributed by atoms with Crippen LogP contribution in [0, 0.1) is 10.1 Å². The molecule has 0 aliphatic rings. The minimum Gasteiger partial charge on any atom is -0.345 e. The van der Waals surface area contributed by atoms with Gasteiger partial charge in [-0.3, -0.25) is 14.9 Å². The van der Waals surface area contributed by atoms with E-state index in [2.05, 4.69) is 5.32 Å². The molecule has 0 saturated heterocycles. The van der Waals surface area contributed by atoms with Crippen LogP contribution in [0.15, 0.2) is 78.9 Å². The summed E-state index contributed by atoms with van der Waals surface area (Å²) in [7, 11) is 0. The Morgan fingerprint density at radius 2 is 1.52 bits per heavy atom. The SMILES string of the molecule is O=C(Cc1ccc([N+](=O)[O-])cc1)NC(c1ccccc1)c1ccc(Cl)cc1. The Labute approximate surface area is 161 Å². The molecule has 136 valence electrons. The van der Waals surface area contributed by atoms with Gasteiger partial charge in [0.15, 0.2) is 0 Å². The second-order valence-corrected chi connectivity index (χ2v) is 6.50. The highest BCUT2D eigenvalue weighted by molar-refractivity contribution is 6.30. The average Bonchev–Trinajstić information content (AvgIpc) is 2.68. The largest absolute Gasteiger partial charge is 0.345 e. The molecule has 0 saturated carbocycles. The van der Waals surface area contributed by atoms with Gasteiger partial charge in [0, 0.05) is 17.2 Å². The topological polar surface area (TPSA) is 72.2 Å². The van der Waals surface area contributed by atoms with Crippen LogP contribution < -0.4 is 5.32 Å². The van der Waals surface area contributed by atoms with Crippen molar-refractivity contribution in [2.75, 3.05) is 0 Å². The molecule has 0 aromatic heterocycles. The predicted octanol–water partition coefficient (Wildman–Crippen LogP) is 4.70. The van der Waals surface area contributed by atoms with Crippen LogP contribution in [0.5, 0.6) is 0 Å². The first-order chi connectivity index (χ1) is 13.0. The quantitative estimate of drug-likeness (QED) is 0.497. The molecule has 0 bridgehead atoms. The van der Waals surface area contributed by atoms with Gasteiger partial charge >= 0.3 is 0 Å². The van der Waals surface area contributed by atoms with Crippen LogP contribution in [0.4, 0.5) is 5.69 Å². The minimum absolute atomic E-state index is 0.00230. The maximum Gasteiger partial charge on any atom is 0.269 e. The number of rotatable bonds is 6. The Balaban J connectivity index is 1.78. The van der Waals surface area contributed by atoms with Crippen molar-refractivity contribution in [2.45, 2.75) is 12.5 Å². The number of nitro groups is 1. The van der Waals surface area contributed by atoms with Gasteiger partial charge in [0.2, 0.25) is 5.91 Å². The maximum atomic E-state index is 12.6. The number of nitro benzene ring substituents is 1. The van der Waals surface area contributed by atoms with Crippen LogP contribution in [-0.4, -0.2) is 10.8 Å². The van der Waals surface area contributed by atoms with Crippen molar-refractivity contribution in [1.82, 2.24) is 5.32 Å². The van der Waals surface area contributed by atoms with Crippen LogP contribution in [0.25, 0.3) is 0 Å². The molecule has 1 amide bonds. The van der Waals surface area contributed by atoms with Gasteiger partial charge in [-0.1, -0.05) is 66.2 Å². The number of amides is 1. The van der Waals surface area contributed by atoms with Gasteiger partial charge in [-0.2, -0.15) is 0 Å². The fourth-order valence-electron chi connectivity index (χ4n) is 2.79. The zero-order valence-electron chi connectivity index (χ0n) is 14.3. The normalized spacial score (nSPS) is 11.6. The highest BCUT2D eigenvalue weighted by Gasteiger charge is 2.17. The van der Waals surface area contributed by atoms with Crippen molar-refractivity contribution >= 4 is 23.2 Å². The fraction of sp³-hybridized carbons (Fsp3) is 0.0952. The Morgan fingerprint density at radius 1 is 0.926 bits per heavy atom. The summed E-state index contributed by atoms with van der Waals surface area (Å²) in [5, 5.41) is 14.4. The molecule has 3 aromatic rings. The second-order valence-electron chi connectivity index (χ2n) is 6.06. The highest BCUT2D eigenvalue weighted by atomic mass is 35.5. The van der Waals surface area contributed by atoms with E-state index in [0.717, 1.165) is 11.1 Å². The van der Waals surface area contributed by atoms with Gasteiger partial charge in [-0.25, -0.2) is 0 Å². The van der Waals surface area contributed by atoms with Crippen LogP contribution >= 0.6 is 11.6 Å². The van der Waals surface area contributed by atoms with Gasteiger partial charge in [-0.05, 0) is 28.8 Å². The lowest BCUT2D eigenvalue weighted by atomic mass is 9.98. The second kappa shape index (κ2) is 8.47. The molecule has 27 heavy (non-hydrogen) atoms. The molecule has 0 aliphatic heterocycles. The zero-order valence-corrected chi connectivity index (χ0v) is 15.1. The molecular formula is C21H17ClN2O3. The minimum atomic E-state index is -0.462. The van der Waals surface area contributed by atoms with Crippen molar-refractivity contribution < 1.29 is 9.72 Å². The Hall–Kier alpha value is -3.18. The van der Waals surface area contributed by atoms with Crippen molar-refractivity contribution in [3.05, 3.63) is 111 Å². The first kappa shape index (κ1) is 18.6. The third-order valence-corrected chi connectivity index (χ3v) is 4.41. The highest BCUT2D eigenvalue weighted by Crippen LogP contribution is 2.24. The average molecular weight is 381 g/mol. The van der Waals surface area contributed by atoms with Crippen LogP contribution in [0.1, 0.15) is 22.7 Å². The van der Waals surface area contributed by atoms with Crippen molar-refractivity contribution in [1.29, 1.82) is 0 Å². The van der Waals surface area contributed by atoms with Gasteiger partial charge in [0.25, 0.3) is 5.69 Å². The lowest BCUT2D eigenvalue weighted by molar-refractivity contribution is -0.384. The molecule has 1 atom stereocenters. The maximum absolute atomic E-state index is 12.6. The summed E-state index contributed by atoms with van der Waals surface area (Å²) in [5.74, 6) is -0.173. The van der Waals surface area contributed by atoms with E-state index in [1.165, 1.54) is 12.1 Å². The first-order valence-electron chi connectivity index (χ1n) is 8.36. The molecule has 6 heteroatoms. The summed E-state index contributed by atoms with van der Waals surface area (Å²) in [6.07, 6.45) is 0.134. The summed E-state index contributed by atoms with van der Waals surface area (Å²) >= 11 is 5.98. The molecule has 1 N–H and O–H groups in total. The Kier molecular flexibility index (Phi) is 5.84. The smallest absolute Gasteiger partial charge is 0.269 e. The third kappa shape index (κ3) is 4.92. The number of nitrogens with zero attached hydrogens (tertiary/aromatic N) is 1. The standard InChI is InChI=1S/C21H17ClN2O3/c22-18-10-8-17(9-11-18)21(16-4-2-1-3-5-16)23-20(25)14-15-6-12-19(13-7-15)24(26)27/h1-13,21H,14H2,(H,23,25). The zero-order chi connectivity index (χ0) is 19.2. The number of benzene rings is 3. The molecule has 0 radical (unpaired) electrons. The van der Waals surface area contributed by atoms with E-state index in [9.17, 15) is 14.9 Å². The first-order valence-corrected chi connectivity index (χ1v) is 8.74. The van der Waals surface area contributed by atoms with E-state index in [1.807, 2.05) is 42.5 Å². The van der Waals surface area contributed by atoms with E-state index in [-0.39, 0.29) is 24.1 Å². The summed E-state index contributed by atoms with van der Waals surface area (Å²) in [5.41, 5.74) is 2.59. The van der Waals surface area contributed by atoms with Crippen molar-refractivity contribution in [3.63, 3.8) is 0 Å². The van der Waals surface area contributed by atoms with Gasteiger partial charge in [0.1, 0.15) is 0 Å². The number of hydrogen-bond donors (Lipinski definition) is 1. The molecule has 3 aromatic carbocycles. The van der Waals surface area contributed by atoms with Crippen LogP contribution in [-0.2, 0) is 11.2 Å². The van der Waals surface area contributed by atoms with E-state index in [0.29, 0.717) is 10.6 Å². The number of nitrogens with one attached hydrogen (secondary N) is 1. The lowest BCUT2D eigenvalue weighted by Gasteiger charge is -2.20.